The van der Waals surface area contributed by atoms with Crippen LogP contribution < -0.4 is 15.2 Å². The molecule has 2 heterocycles. The highest BCUT2D eigenvalue weighted by Gasteiger charge is 2.37. The zero-order valence-corrected chi connectivity index (χ0v) is 11.5. The summed E-state index contributed by atoms with van der Waals surface area (Å²) in [6.07, 6.45) is 1.17. The van der Waals surface area contributed by atoms with Gasteiger partial charge in [0.2, 0.25) is 0 Å². The lowest BCUT2D eigenvalue weighted by molar-refractivity contribution is 0.0934. The zero-order chi connectivity index (χ0) is 13.2. The highest BCUT2D eigenvalue weighted by molar-refractivity contribution is 5.49. The van der Waals surface area contributed by atoms with E-state index in [0.29, 0.717) is 11.8 Å². The third-order valence-corrected chi connectivity index (χ3v) is 4.33. The van der Waals surface area contributed by atoms with E-state index in [2.05, 4.69) is 11.0 Å². The van der Waals surface area contributed by atoms with E-state index >= 15 is 0 Å². The van der Waals surface area contributed by atoms with Crippen LogP contribution in [-0.4, -0.2) is 44.8 Å². The lowest BCUT2D eigenvalue weighted by Crippen LogP contribution is -2.45. The highest BCUT2D eigenvalue weighted by atomic mass is 16.5. The van der Waals surface area contributed by atoms with Crippen molar-refractivity contribution < 1.29 is 9.47 Å². The Morgan fingerprint density at radius 3 is 3.16 bits per heavy atom. The van der Waals surface area contributed by atoms with Gasteiger partial charge in [-0.25, -0.2) is 0 Å². The summed E-state index contributed by atoms with van der Waals surface area (Å²) in [5, 5.41) is 0. The Labute approximate surface area is 114 Å². The molecular formula is C15H22N2O2. The average molecular weight is 262 g/mol. The molecule has 0 unspecified atom stereocenters. The predicted octanol–water partition coefficient (Wildman–Crippen LogP) is 1.45. The topological polar surface area (TPSA) is 47.7 Å². The number of ether oxygens (including phenoxy) is 2. The number of rotatable bonds is 3. The van der Waals surface area contributed by atoms with Crippen LogP contribution in [0.5, 0.6) is 11.5 Å². The minimum Gasteiger partial charge on any atom is -0.496 e. The average Bonchev–Trinajstić information content (AvgIpc) is 2.46. The molecule has 104 valence electrons. The van der Waals surface area contributed by atoms with Crippen molar-refractivity contribution >= 4 is 0 Å². The maximum atomic E-state index is 5.92. The van der Waals surface area contributed by atoms with Crippen LogP contribution in [0.3, 0.4) is 0 Å². The molecule has 1 aromatic rings. The van der Waals surface area contributed by atoms with E-state index in [1.165, 1.54) is 12.0 Å². The number of benzene rings is 1. The van der Waals surface area contributed by atoms with Crippen LogP contribution >= 0.6 is 0 Å². The second-order valence-electron chi connectivity index (χ2n) is 5.43. The van der Waals surface area contributed by atoms with Gasteiger partial charge in [0.25, 0.3) is 0 Å². The molecule has 0 amide bonds. The van der Waals surface area contributed by atoms with Gasteiger partial charge in [-0.15, -0.1) is 0 Å². The van der Waals surface area contributed by atoms with Gasteiger partial charge in [0, 0.05) is 31.1 Å². The maximum Gasteiger partial charge on any atom is 0.126 e. The molecule has 2 aliphatic heterocycles. The van der Waals surface area contributed by atoms with Crippen molar-refractivity contribution in [3.05, 3.63) is 23.8 Å². The summed E-state index contributed by atoms with van der Waals surface area (Å²) < 4.78 is 11.4. The van der Waals surface area contributed by atoms with Crippen molar-refractivity contribution in [2.24, 2.45) is 11.7 Å². The summed E-state index contributed by atoms with van der Waals surface area (Å²) in [7, 11) is 1.74. The molecule has 1 fully saturated rings. The lowest BCUT2D eigenvalue weighted by atomic mass is 9.78. The largest absolute Gasteiger partial charge is 0.496 e. The third kappa shape index (κ3) is 2.30. The van der Waals surface area contributed by atoms with Gasteiger partial charge in [0.1, 0.15) is 11.5 Å². The monoisotopic (exact) mass is 262 g/mol. The summed E-state index contributed by atoms with van der Waals surface area (Å²) in [5.41, 5.74) is 6.93. The van der Waals surface area contributed by atoms with Crippen molar-refractivity contribution in [1.29, 1.82) is 0 Å². The van der Waals surface area contributed by atoms with Crippen molar-refractivity contribution in [3.8, 4) is 11.5 Å². The molecular weight excluding hydrogens is 240 g/mol. The van der Waals surface area contributed by atoms with E-state index in [1.807, 2.05) is 12.1 Å². The number of methoxy groups -OCH3 is 1. The molecule has 4 heteroatoms. The first-order chi connectivity index (χ1) is 9.33. The van der Waals surface area contributed by atoms with Crippen molar-refractivity contribution in [2.75, 3.05) is 39.9 Å². The first-order valence-corrected chi connectivity index (χ1v) is 7.05. The number of likely N-dealkylation sites (tertiary alicyclic amines) is 1. The Morgan fingerprint density at radius 1 is 1.47 bits per heavy atom. The molecule has 3 rings (SSSR count). The maximum absolute atomic E-state index is 5.92. The van der Waals surface area contributed by atoms with E-state index in [9.17, 15) is 0 Å². The Morgan fingerprint density at radius 2 is 2.37 bits per heavy atom. The van der Waals surface area contributed by atoms with Crippen LogP contribution in [0.15, 0.2) is 18.2 Å². The number of nitrogens with two attached hydrogens (primary N) is 1. The van der Waals surface area contributed by atoms with Crippen LogP contribution in [0.4, 0.5) is 0 Å². The smallest absolute Gasteiger partial charge is 0.126 e. The van der Waals surface area contributed by atoms with Crippen LogP contribution in [0.25, 0.3) is 0 Å². The van der Waals surface area contributed by atoms with Gasteiger partial charge >= 0.3 is 0 Å². The normalized spacial score (nSPS) is 26.2. The molecule has 19 heavy (non-hydrogen) atoms. The van der Waals surface area contributed by atoms with E-state index in [4.69, 9.17) is 15.2 Å². The Balaban J connectivity index is 1.86. The summed E-state index contributed by atoms with van der Waals surface area (Å²) in [6, 6.07) is 6.10. The second kappa shape index (κ2) is 5.39. The molecule has 1 aromatic carbocycles. The van der Waals surface area contributed by atoms with Gasteiger partial charge in [0.05, 0.1) is 13.7 Å². The van der Waals surface area contributed by atoms with Gasteiger partial charge < -0.3 is 20.1 Å². The number of hydrogen-bond donors (Lipinski definition) is 1. The fraction of sp³-hybridized carbons (Fsp3) is 0.600. The molecule has 1 saturated heterocycles. The summed E-state index contributed by atoms with van der Waals surface area (Å²) >= 11 is 0. The Bertz CT molecular complexity index is 436. The van der Waals surface area contributed by atoms with Crippen LogP contribution in [-0.2, 0) is 0 Å². The Hall–Kier alpha value is -1.26. The van der Waals surface area contributed by atoms with E-state index in [-0.39, 0.29) is 0 Å². The van der Waals surface area contributed by atoms with Gasteiger partial charge in [-0.1, -0.05) is 6.07 Å². The molecule has 0 saturated carbocycles. The molecule has 0 bridgehead atoms. The van der Waals surface area contributed by atoms with Gasteiger partial charge in [0.15, 0.2) is 0 Å². The predicted molar refractivity (Wildman–Crippen MR) is 74.8 cm³/mol. The lowest BCUT2D eigenvalue weighted by Gasteiger charge is -2.42. The van der Waals surface area contributed by atoms with Crippen molar-refractivity contribution in [1.82, 2.24) is 4.90 Å². The molecule has 0 radical (unpaired) electrons. The van der Waals surface area contributed by atoms with E-state index in [1.54, 1.807) is 7.11 Å². The summed E-state index contributed by atoms with van der Waals surface area (Å²) in [5.74, 6) is 3.10. The highest BCUT2D eigenvalue weighted by Crippen LogP contribution is 2.46. The zero-order valence-electron chi connectivity index (χ0n) is 11.5. The van der Waals surface area contributed by atoms with Crippen LogP contribution in [0.1, 0.15) is 17.9 Å². The first kappa shape index (κ1) is 12.8. The fourth-order valence-electron chi connectivity index (χ4n) is 3.43. The molecule has 2 atom stereocenters. The quantitative estimate of drug-likeness (QED) is 0.895. The summed E-state index contributed by atoms with van der Waals surface area (Å²) in [4.78, 5) is 2.45. The van der Waals surface area contributed by atoms with E-state index in [0.717, 1.165) is 44.3 Å². The molecule has 4 nitrogen and oxygen atoms in total. The van der Waals surface area contributed by atoms with Crippen LogP contribution in [0, 0.1) is 5.92 Å². The third-order valence-electron chi connectivity index (χ3n) is 4.33. The fourth-order valence-corrected chi connectivity index (χ4v) is 3.43. The number of piperidine rings is 1. The number of fused-ring (bicyclic) bond motifs is 3. The number of hydrogen-bond acceptors (Lipinski definition) is 4. The molecule has 0 aliphatic carbocycles. The summed E-state index contributed by atoms with van der Waals surface area (Å²) in [6.45, 7) is 4.74. The standard InChI is InChI=1S/C15H22N2O2/c1-18-13-3-2-4-14-15(13)12-5-7-17(8-6-16)9-11(12)10-19-14/h2-4,11-12H,5-10,16H2,1H3/t11-,12+/m1/s1. The SMILES string of the molecule is COc1cccc2c1[C@H]1CCN(CCN)C[C@@H]1CO2. The minimum absolute atomic E-state index is 0.559. The Kier molecular flexibility index (Phi) is 3.62. The van der Waals surface area contributed by atoms with Gasteiger partial charge in [-0.2, -0.15) is 0 Å². The molecule has 2 aliphatic rings. The van der Waals surface area contributed by atoms with Gasteiger partial charge in [-0.3, -0.25) is 0 Å². The number of nitrogens with zero attached hydrogens (tertiary/aromatic N) is 1. The van der Waals surface area contributed by atoms with E-state index < -0.39 is 0 Å². The minimum atomic E-state index is 0.559. The molecule has 0 spiro atoms. The van der Waals surface area contributed by atoms with Crippen LogP contribution in [0.2, 0.25) is 0 Å². The van der Waals surface area contributed by atoms with Crippen molar-refractivity contribution in [2.45, 2.75) is 12.3 Å². The second-order valence-corrected chi connectivity index (χ2v) is 5.43. The van der Waals surface area contributed by atoms with Gasteiger partial charge in [-0.05, 0) is 31.0 Å². The molecule has 2 N–H and O–H groups in total. The molecule has 0 aromatic heterocycles. The van der Waals surface area contributed by atoms with Crippen molar-refractivity contribution in [3.63, 3.8) is 0 Å². The first-order valence-electron chi connectivity index (χ1n) is 7.05.